The van der Waals surface area contributed by atoms with Crippen LogP contribution < -0.4 is 0 Å². The van der Waals surface area contributed by atoms with Gasteiger partial charge in [0.05, 0.1) is 0 Å². The van der Waals surface area contributed by atoms with Gasteiger partial charge in [0.15, 0.2) is 0 Å². The fourth-order valence-electron chi connectivity index (χ4n) is 8.31. The first kappa shape index (κ1) is 31.5. The van der Waals surface area contributed by atoms with E-state index in [1.54, 1.807) is 0 Å². The van der Waals surface area contributed by atoms with Gasteiger partial charge in [0, 0.05) is 5.92 Å². The van der Waals surface area contributed by atoms with Crippen molar-refractivity contribution in [3.63, 3.8) is 0 Å². The quantitative estimate of drug-likeness (QED) is 0.166. The highest BCUT2D eigenvalue weighted by Crippen LogP contribution is 2.56. The van der Waals surface area contributed by atoms with E-state index in [1.165, 1.54) is 83.5 Å². The zero-order valence-electron chi connectivity index (χ0n) is 29.0. The van der Waals surface area contributed by atoms with E-state index in [4.69, 9.17) is 0 Å². The van der Waals surface area contributed by atoms with Crippen LogP contribution in [0.3, 0.4) is 0 Å². The Morgan fingerprint density at radius 1 is 0.365 bits per heavy atom. The van der Waals surface area contributed by atoms with Crippen LogP contribution in [0.2, 0.25) is 0 Å². The van der Waals surface area contributed by atoms with Crippen LogP contribution in [-0.2, 0) is 0 Å². The second-order valence-electron chi connectivity index (χ2n) is 13.5. The lowest BCUT2D eigenvalue weighted by Gasteiger charge is -2.22. The summed E-state index contributed by atoms with van der Waals surface area (Å²) in [6, 6.07) is 75.2. The number of benzene rings is 7. The van der Waals surface area contributed by atoms with E-state index < -0.39 is 0 Å². The SMILES string of the molecule is C1=C(c2ccccc2)c2ccccc2C(c2ccccc2)=C2CC(=C(c3ccccc3)c3ccccc3)C(=C(c3ccccc3)c3ccccc3)C12. The Kier molecular flexibility index (Phi) is 8.49. The molecule has 0 N–H and O–H groups in total. The fourth-order valence-corrected chi connectivity index (χ4v) is 8.31. The molecule has 0 radical (unpaired) electrons. The summed E-state index contributed by atoms with van der Waals surface area (Å²) in [5.74, 6) is 0.00523. The van der Waals surface area contributed by atoms with Gasteiger partial charge in [-0.15, -0.1) is 0 Å². The summed E-state index contributed by atoms with van der Waals surface area (Å²) >= 11 is 0. The van der Waals surface area contributed by atoms with Gasteiger partial charge in [0.2, 0.25) is 0 Å². The van der Waals surface area contributed by atoms with Gasteiger partial charge in [-0.3, -0.25) is 0 Å². The van der Waals surface area contributed by atoms with Crippen molar-refractivity contribution in [3.05, 3.63) is 274 Å². The van der Waals surface area contributed by atoms with Crippen molar-refractivity contribution in [2.75, 3.05) is 0 Å². The molecule has 0 heterocycles. The summed E-state index contributed by atoms with van der Waals surface area (Å²) in [7, 11) is 0. The summed E-state index contributed by atoms with van der Waals surface area (Å²) in [6.07, 6.45) is 3.40. The van der Waals surface area contributed by atoms with Crippen LogP contribution in [0.4, 0.5) is 0 Å². The van der Waals surface area contributed by atoms with E-state index in [1.807, 2.05) is 0 Å². The monoisotopic (exact) mass is 662 g/mol. The lowest BCUT2D eigenvalue weighted by molar-refractivity contribution is 0.977. The van der Waals surface area contributed by atoms with Gasteiger partial charge in [-0.2, -0.15) is 0 Å². The molecule has 2 aliphatic rings. The van der Waals surface area contributed by atoms with Crippen LogP contribution in [0.25, 0.3) is 22.3 Å². The lowest BCUT2D eigenvalue weighted by atomic mass is 9.81. The normalized spacial score (nSPS) is 15.0. The predicted molar refractivity (Wildman–Crippen MR) is 218 cm³/mol. The Labute approximate surface area is 307 Å². The minimum absolute atomic E-state index is 0.00523. The molecule has 52 heavy (non-hydrogen) atoms. The zero-order valence-corrected chi connectivity index (χ0v) is 29.0. The van der Waals surface area contributed by atoms with Gasteiger partial charge in [-0.25, -0.2) is 0 Å². The first-order valence-electron chi connectivity index (χ1n) is 18.2. The zero-order chi connectivity index (χ0) is 34.7. The minimum atomic E-state index is 0.00523. The average molecular weight is 663 g/mol. The topological polar surface area (TPSA) is 0 Å². The number of hydrogen-bond donors (Lipinski definition) is 0. The van der Waals surface area contributed by atoms with Gasteiger partial charge < -0.3 is 0 Å². The maximum atomic E-state index is 2.58. The molecule has 0 heteroatoms. The van der Waals surface area contributed by atoms with E-state index in [-0.39, 0.29) is 5.92 Å². The summed E-state index contributed by atoms with van der Waals surface area (Å²) < 4.78 is 0. The van der Waals surface area contributed by atoms with Crippen molar-refractivity contribution in [1.82, 2.24) is 0 Å². The highest BCUT2D eigenvalue weighted by atomic mass is 14.4. The van der Waals surface area contributed by atoms with Crippen molar-refractivity contribution < 1.29 is 0 Å². The third kappa shape index (κ3) is 5.79. The van der Waals surface area contributed by atoms with E-state index >= 15 is 0 Å². The molecule has 0 bridgehead atoms. The molecule has 0 aliphatic heterocycles. The molecule has 0 nitrogen and oxygen atoms in total. The van der Waals surface area contributed by atoms with Crippen LogP contribution in [-0.4, -0.2) is 0 Å². The van der Waals surface area contributed by atoms with Gasteiger partial charge >= 0.3 is 0 Å². The molecular formula is C52H38. The molecular weight excluding hydrogens is 625 g/mol. The molecule has 9 rings (SSSR count). The molecule has 7 aromatic carbocycles. The predicted octanol–water partition coefficient (Wildman–Crippen LogP) is 13.0. The van der Waals surface area contributed by atoms with E-state index in [0.717, 1.165) is 6.42 Å². The number of rotatable bonds is 6. The van der Waals surface area contributed by atoms with Crippen molar-refractivity contribution >= 4 is 22.3 Å². The van der Waals surface area contributed by atoms with Crippen molar-refractivity contribution in [1.29, 1.82) is 0 Å². The van der Waals surface area contributed by atoms with Crippen molar-refractivity contribution in [2.24, 2.45) is 5.92 Å². The summed E-state index contributed by atoms with van der Waals surface area (Å²) in [4.78, 5) is 0. The van der Waals surface area contributed by atoms with Crippen molar-refractivity contribution in [2.45, 2.75) is 6.42 Å². The Bertz CT molecular complexity index is 2380. The third-order valence-corrected chi connectivity index (χ3v) is 10.5. The summed E-state index contributed by atoms with van der Waals surface area (Å²) in [5, 5.41) is 0. The molecule has 0 aromatic heterocycles. The highest BCUT2D eigenvalue weighted by molar-refractivity contribution is 6.00. The average Bonchev–Trinajstić information content (AvgIpc) is 3.49. The molecule has 246 valence electrons. The fraction of sp³-hybridized carbons (Fsp3) is 0.0385. The molecule has 0 spiro atoms. The molecule has 1 unspecified atom stereocenters. The van der Waals surface area contributed by atoms with Gasteiger partial charge in [-0.1, -0.05) is 212 Å². The molecule has 2 aliphatic carbocycles. The maximum Gasteiger partial charge on any atom is 0.0259 e. The molecule has 1 saturated carbocycles. The second kappa shape index (κ2) is 14.0. The molecule has 1 fully saturated rings. The molecule has 0 saturated heterocycles. The number of hydrogen-bond acceptors (Lipinski definition) is 0. The van der Waals surface area contributed by atoms with Gasteiger partial charge in [-0.05, 0) is 89.9 Å². The van der Waals surface area contributed by atoms with Crippen LogP contribution in [0.5, 0.6) is 0 Å². The highest BCUT2D eigenvalue weighted by Gasteiger charge is 2.39. The van der Waals surface area contributed by atoms with Crippen LogP contribution in [0.15, 0.2) is 229 Å². The Balaban J connectivity index is 1.50. The van der Waals surface area contributed by atoms with Gasteiger partial charge in [0.25, 0.3) is 0 Å². The largest absolute Gasteiger partial charge is 0.0644 e. The Hall–Kier alpha value is -6.50. The van der Waals surface area contributed by atoms with Crippen LogP contribution in [0.1, 0.15) is 50.9 Å². The van der Waals surface area contributed by atoms with Crippen LogP contribution >= 0.6 is 0 Å². The molecule has 0 amide bonds. The third-order valence-electron chi connectivity index (χ3n) is 10.5. The Morgan fingerprint density at radius 2 is 0.750 bits per heavy atom. The van der Waals surface area contributed by atoms with Crippen LogP contribution in [0, 0.1) is 5.92 Å². The summed E-state index contributed by atoms with van der Waals surface area (Å²) in [5.41, 5.74) is 19.3. The Morgan fingerprint density at radius 3 is 1.23 bits per heavy atom. The van der Waals surface area contributed by atoms with Crippen molar-refractivity contribution in [3.8, 4) is 0 Å². The first-order chi connectivity index (χ1) is 25.8. The molecule has 1 atom stereocenters. The van der Waals surface area contributed by atoms with E-state index in [9.17, 15) is 0 Å². The minimum Gasteiger partial charge on any atom is -0.0644 e. The first-order valence-corrected chi connectivity index (χ1v) is 18.2. The van der Waals surface area contributed by atoms with Gasteiger partial charge in [0.1, 0.15) is 0 Å². The molecule has 7 aromatic rings. The number of fused-ring (bicyclic) bond motifs is 2. The van der Waals surface area contributed by atoms with E-state index in [0.29, 0.717) is 0 Å². The lowest BCUT2D eigenvalue weighted by Crippen LogP contribution is -2.05. The van der Waals surface area contributed by atoms with E-state index in [2.05, 4.69) is 212 Å². The smallest absolute Gasteiger partial charge is 0.0259 e. The second-order valence-corrected chi connectivity index (χ2v) is 13.5. The maximum absolute atomic E-state index is 2.58. The summed E-state index contributed by atoms with van der Waals surface area (Å²) in [6.45, 7) is 0. The number of allylic oxidation sites excluding steroid dienone is 4. The standard InChI is InChI=1S/C52H38/c1-7-21-37(22-8-1)45-35-47-46(51(42-31-17-6-18-32-42)44-34-20-19-33-43(44)45)36-48(49(38-23-9-2-10-24-38)39-25-11-3-12-26-39)52(47)50(40-27-13-4-14-28-40)41-29-15-5-16-30-41/h1-35,47H,36H2.